The van der Waals surface area contributed by atoms with Crippen LogP contribution in [-0.2, 0) is 0 Å². The molecule has 3 rings (SSSR count). The fourth-order valence-corrected chi connectivity index (χ4v) is 3.16. The number of phenols is 1. The van der Waals surface area contributed by atoms with Gasteiger partial charge in [-0.2, -0.15) is 0 Å². The first kappa shape index (κ1) is 14.1. The van der Waals surface area contributed by atoms with Crippen LogP contribution >= 0.6 is 15.9 Å². The third-order valence-corrected chi connectivity index (χ3v) is 4.18. The van der Waals surface area contributed by atoms with Gasteiger partial charge in [-0.3, -0.25) is 4.79 Å². The monoisotopic (exact) mass is 345 g/mol. The Balaban J connectivity index is 1.94. The van der Waals surface area contributed by atoms with Crippen molar-refractivity contribution in [1.82, 2.24) is 4.90 Å². The number of carbonyl (C=O) groups excluding carboxylic acids is 1. The molecule has 0 aromatic heterocycles. The van der Waals surface area contributed by atoms with Gasteiger partial charge < -0.3 is 10.0 Å². The van der Waals surface area contributed by atoms with Crippen molar-refractivity contribution in [2.75, 3.05) is 13.1 Å². The number of hydrogen-bond acceptors (Lipinski definition) is 2. The Kier molecular flexibility index (Phi) is 3.97. The zero-order valence-corrected chi connectivity index (χ0v) is 13.1. The molecule has 0 aliphatic carbocycles. The van der Waals surface area contributed by atoms with Crippen LogP contribution in [0.5, 0.6) is 5.75 Å². The molecular formula is C17H16BrNO2. The van der Waals surface area contributed by atoms with E-state index in [1.54, 1.807) is 12.1 Å². The summed E-state index contributed by atoms with van der Waals surface area (Å²) >= 11 is 3.38. The summed E-state index contributed by atoms with van der Waals surface area (Å²) in [4.78, 5) is 14.3. The average Bonchev–Trinajstić information content (AvgIpc) is 3.00. The molecule has 2 aromatic rings. The Morgan fingerprint density at radius 3 is 2.52 bits per heavy atom. The molecule has 1 N–H and O–H groups in total. The van der Waals surface area contributed by atoms with Crippen LogP contribution in [0, 0.1) is 0 Å². The molecule has 0 atom stereocenters. The van der Waals surface area contributed by atoms with Crippen molar-refractivity contribution in [2.24, 2.45) is 0 Å². The van der Waals surface area contributed by atoms with Crippen molar-refractivity contribution in [2.45, 2.75) is 12.8 Å². The van der Waals surface area contributed by atoms with Crippen LogP contribution < -0.4 is 0 Å². The summed E-state index contributed by atoms with van der Waals surface area (Å²) in [6.07, 6.45) is 2.18. The summed E-state index contributed by atoms with van der Waals surface area (Å²) in [6, 6.07) is 12.8. The zero-order chi connectivity index (χ0) is 14.8. The van der Waals surface area contributed by atoms with E-state index in [-0.39, 0.29) is 11.7 Å². The predicted octanol–water partition coefficient (Wildman–Crippen LogP) is 4.06. The van der Waals surface area contributed by atoms with Gasteiger partial charge in [0.15, 0.2) is 0 Å². The van der Waals surface area contributed by atoms with Gasteiger partial charge in [0, 0.05) is 23.1 Å². The van der Waals surface area contributed by atoms with Crippen molar-refractivity contribution >= 4 is 21.8 Å². The third kappa shape index (κ3) is 3.10. The lowest BCUT2D eigenvalue weighted by Gasteiger charge is -2.15. The molecule has 0 unspecified atom stereocenters. The number of hydrogen-bond donors (Lipinski definition) is 1. The van der Waals surface area contributed by atoms with Crippen LogP contribution in [0.2, 0.25) is 0 Å². The van der Waals surface area contributed by atoms with Gasteiger partial charge >= 0.3 is 0 Å². The van der Waals surface area contributed by atoms with E-state index in [9.17, 15) is 9.90 Å². The smallest absolute Gasteiger partial charge is 0.253 e. The van der Waals surface area contributed by atoms with Gasteiger partial charge in [0.05, 0.1) is 0 Å². The Bertz CT molecular complexity index is 658. The van der Waals surface area contributed by atoms with Gasteiger partial charge in [-0.15, -0.1) is 0 Å². The van der Waals surface area contributed by atoms with Gasteiger partial charge in [0.2, 0.25) is 0 Å². The maximum absolute atomic E-state index is 12.4. The van der Waals surface area contributed by atoms with E-state index in [1.165, 1.54) is 0 Å². The molecule has 1 heterocycles. The first-order valence-electron chi connectivity index (χ1n) is 7.03. The van der Waals surface area contributed by atoms with E-state index < -0.39 is 0 Å². The van der Waals surface area contributed by atoms with E-state index in [2.05, 4.69) is 15.9 Å². The summed E-state index contributed by atoms with van der Waals surface area (Å²) < 4.78 is 0.814. The Morgan fingerprint density at radius 2 is 1.81 bits per heavy atom. The van der Waals surface area contributed by atoms with Crippen LogP contribution in [0.15, 0.2) is 46.9 Å². The quantitative estimate of drug-likeness (QED) is 0.891. The highest BCUT2D eigenvalue weighted by Gasteiger charge is 2.19. The molecule has 3 nitrogen and oxygen atoms in total. The molecule has 0 spiro atoms. The molecule has 1 aliphatic heterocycles. The zero-order valence-electron chi connectivity index (χ0n) is 11.6. The summed E-state index contributed by atoms with van der Waals surface area (Å²) in [5.41, 5.74) is 2.52. The number of phenolic OH excluding ortho intramolecular Hbond substituents is 1. The van der Waals surface area contributed by atoms with E-state index in [4.69, 9.17) is 0 Å². The number of nitrogens with zero attached hydrogens (tertiary/aromatic N) is 1. The minimum Gasteiger partial charge on any atom is -0.508 e. The van der Waals surface area contributed by atoms with Crippen molar-refractivity contribution < 1.29 is 9.90 Å². The van der Waals surface area contributed by atoms with E-state index in [1.807, 2.05) is 35.2 Å². The number of aromatic hydroxyl groups is 1. The average molecular weight is 346 g/mol. The number of benzene rings is 2. The molecule has 2 aromatic carbocycles. The molecule has 0 bridgehead atoms. The van der Waals surface area contributed by atoms with Gasteiger partial charge in [-0.25, -0.2) is 0 Å². The molecule has 4 heteroatoms. The van der Waals surface area contributed by atoms with Gasteiger partial charge in [0.1, 0.15) is 5.75 Å². The molecule has 0 saturated carbocycles. The summed E-state index contributed by atoms with van der Waals surface area (Å²) in [6.45, 7) is 1.70. The van der Waals surface area contributed by atoms with E-state index in [0.29, 0.717) is 5.56 Å². The minimum absolute atomic E-state index is 0.0913. The van der Waals surface area contributed by atoms with E-state index in [0.717, 1.165) is 41.5 Å². The first-order valence-corrected chi connectivity index (χ1v) is 7.82. The lowest BCUT2D eigenvalue weighted by Crippen LogP contribution is -2.27. The molecule has 21 heavy (non-hydrogen) atoms. The predicted molar refractivity (Wildman–Crippen MR) is 86.4 cm³/mol. The Labute approximate surface area is 132 Å². The number of likely N-dealkylation sites (tertiary alicyclic amines) is 1. The molecule has 108 valence electrons. The largest absolute Gasteiger partial charge is 0.508 e. The molecule has 0 radical (unpaired) electrons. The Morgan fingerprint density at radius 1 is 1.05 bits per heavy atom. The normalized spacial score (nSPS) is 14.4. The SMILES string of the molecule is O=C(c1cccc(-c2cc(O)cc(Br)c2)c1)N1CCCC1. The van der Waals surface area contributed by atoms with Crippen molar-refractivity contribution in [1.29, 1.82) is 0 Å². The van der Waals surface area contributed by atoms with Crippen molar-refractivity contribution in [3.63, 3.8) is 0 Å². The summed E-state index contributed by atoms with van der Waals surface area (Å²) in [7, 11) is 0. The topological polar surface area (TPSA) is 40.5 Å². The fraction of sp³-hybridized carbons (Fsp3) is 0.235. The molecule has 1 fully saturated rings. The highest BCUT2D eigenvalue weighted by Crippen LogP contribution is 2.29. The number of carbonyl (C=O) groups is 1. The van der Waals surface area contributed by atoms with Crippen LogP contribution in [0.25, 0.3) is 11.1 Å². The second kappa shape index (κ2) is 5.90. The van der Waals surface area contributed by atoms with Gasteiger partial charge in [0.25, 0.3) is 5.91 Å². The van der Waals surface area contributed by atoms with Crippen molar-refractivity contribution in [3.8, 4) is 16.9 Å². The lowest BCUT2D eigenvalue weighted by molar-refractivity contribution is 0.0793. The van der Waals surface area contributed by atoms with Gasteiger partial charge in [-0.05, 0) is 54.3 Å². The first-order chi connectivity index (χ1) is 10.1. The Hall–Kier alpha value is -1.81. The maximum atomic E-state index is 12.4. The summed E-state index contributed by atoms with van der Waals surface area (Å²) in [5.74, 6) is 0.296. The second-order valence-electron chi connectivity index (χ2n) is 5.28. The number of halogens is 1. The fourth-order valence-electron chi connectivity index (χ4n) is 2.68. The number of rotatable bonds is 2. The number of amides is 1. The summed E-state index contributed by atoms with van der Waals surface area (Å²) in [5, 5.41) is 9.70. The van der Waals surface area contributed by atoms with Gasteiger partial charge in [-0.1, -0.05) is 28.1 Å². The standard InChI is InChI=1S/C17H16BrNO2/c18-15-9-14(10-16(20)11-15)12-4-3-5-13(8-12)17(21)19-6-1-2-7-19/h3-5,8-11,20H,1-2,6-7H2. The highest BCUT2D eigenvalue weighted by atomic mass is 79.9. The van der Waals surface area contributed by atoms with E-state index >= 15 is 0 Å². The van der Waals surface area contributed by atoms with Crippen molar-refractivity contribution in [3.05, 3.63) is 52.5 Å². The molecule has 1 aliphatic rings. The van der Waals surface area contributed by atoms with Crippen LogP contribution in [0.1, 0.15) is 23.2 Å². The second-order valence-corrected chi connectivity index (χ2v) is 6.19. The van der Waals surface area contributed by atoms with Crippen LogP contribution in [0.4, 0.5) is 0 Å². The minimum atomic E-state index is 0.0913. The van der Waals surface area contributed by atoms with Crippen LogP contribution in [0.3, 0.4) is 0 Å². The lowest BCUT2D eigenvalue weighted by atomic mass is 10.0. The molecular weight excluding hydrogens is 330 g/mol. The highest BCUT2D eigenvalue weighted by molar-refractivity contribution is 9.10. The van der Waals surface area contributed by atoms with Crippen LogP contribution in [-0.4, -0.2) is 29.0 Å². The third-order valence-electron chi connectivity index (χ3n) is 3.72. The maximum Gasteiger partial charge on any atom is 0.253 e. The molecule has 1 saturated heterocycles. The molecule has 1 amide bonds.